The number of nitrogens with one attached hydrogen (secondary N) is 2. The van der Waals surface area contributed by atoms with Gasteiger partial charge in [-0.15, -0.1) is 0 Å². The van der Waals surface area contributed by atoms with E-state index in [9.17, 15) is 4.79 Å². The summed E-state index contributed by atoms with van der Waals surface area (Å²) in [6, 6.07) is 3.49. The van der Waals surface area contributed by atoms with Gasteiger partial charge in [0.05, 0.1) is 18.3 Å². The molecule has 1 saturated carbocycles. The van der Waals surface area contributed by atoms with Crippen molar-refractivity contribution in [3.05, 3.63) is 28.5 Å². The summed E-state index contributed by atoms with van der Waals surface area (Å²) in [6.07, 6.45) is 7.01. The second-order valence-corrected chi connectivity index (χ2v) is 5.75. The number of carbonyl (C=O) groups is 1. The normalized spacial score (nSPS) is 22.4. The molecule has 1 heterocycles. The first-order valence-corrected chi connectivity index (χ1v) is 7.67. The van der Waals surface area contributed by atoms with E-state index in [1.54, 1.807) is 18.3 Å². The number of rotatable bonds is 5. The van der Waals surface area contributed by atoms with Crippen molar-refractivity contribution in [2.45, 2.75) is 38.7 Å². The zero-order chi connectivity index (χ0) is 14.4. The standard InChI is InChI=1S/C15H22N2O2S/c1-11-5-2-3-7-13(11)19-10-9-16-14(18)12-6-4-8-17-15(12)20/h4,6,8,11,13H,2-3,5,7,9-10H2,1H3,(H,16,18)(H,17,20). The number of ether oxygens (including phenoxy) is 1. The van der Waals surface area contributed by atoms with Gasteiger partial charge < -0.3 is 15.0 Å². The molecule has 0 aliphatic heterocycles. The van der Waals surface area contributed by atoms with Crippen molar-refractivity contribution in [1.82, 2.24) is 10.3 Å². The van der Waals surface area contributed by atoms with Gasteiger partial charge in [0, 0.05) is 12.7 Å². The first kappa shape index (κ1) is 15.2. The number of hydrogen-bond donors (Lipinski definition) is 2. The van der Waals surface area contributed by atoms with Crippen LogP contribution in [0.3, 0.4) is 0 Å². The van der Waals surface area contributed by atoms with E-state index >= 15 is 0 Å². The lowest BCUT2D eigenvalue weighted by molar-refractivity contribution is -0.00294. The van der Waals surface area contributed by atoms with Gasteiger partial charge in [-0.3, -0.25) is 4.79 Å². The Balaban J connectivity index is 1.72. The summed E-state index contributed by atoms with van der Waals surface area (Å²) in [7, 11) is 0. The Labute approximate surface area is 124 Å². The Morgan fingerprint density at radius 3 is 3.05 bits per heavy atom. The molecule has 2 unspecified atom stereocenters. The van der Waals surface area contributed by atoms with E-state index in [4.69, 9.17) is 17.0 Å². The molecule has 1 aliphatic rings. The summed E-state index contributed by atoms with van der Waals surface area (Å²) in [6.45, 7) is 3.32. The van der Waals surface area contributed by atoms with Crippen LogP contribution in [0.25, 0.3) is 0 Å². The molecule has 1 fully saturated rings. The van der Waals surface area contributed by atoms with E-state index in [-0.39, 0.29) is 5.91 Å². The van der Waals surface area contributed by atoms with Crippen LogP contribution >= 0.6 is 12.2 Å². The predicted octanol–water partition coefficient (Wildman–Crippen LogP) is 3.07. The highest BCUT2D eigenvalue weighted by Gasteiger charge is 2.21. The molecule has 2 rings (SSSR count). The Hall–Kier alpha value is -1.20. The zero-order valence-corrected chi connectivity index (χ0v) is 12.7. The van der Waals surface area contributed by atoms with Gasteiger partial charge in [-0.1, -0.05) is 32.0 Å². The predicted molar refractivity (Wildman–Crippen MR) is 81.3 cm³/mol. The monoisotopic (exact) mass is 294 g/mol. The molecular weight excluding hydrogens is 272 g/mol. The minimum atomic E-state index is -0.146. The van der Waals surface area contributed by atoms with Gasteiger partial charge in [0.2, 0.25) is 0 Å². The van der Waals surface area contributed by atoms with Crippen LogP contribution in [0.1, 0.15) is 43.0 Å². The van der Waals surface area contributed by atoms with Crippen molar-refractivity contribution >= 4 is 18.1 Å². The maximum atomic E-state index is 11.9. The van der Waals surface area contributed by atoms with Crippen molar-refractivity contribution in [2.24, 2.45) is 5.92 Å². The van der Waals surface area contributed by atoms with Crippen LogP contribution < -0.4 is 5.32 Å². The summed E-state index contributed by atoms with van der Waals surface area (Å²) in [4.78, 5) is 14.8. The van der Waals surface area contributed by atoms with Crippen molar-refractivity contribution in [3.8, 4) is 0 Å². The van der Waals surface area contributed by atoms with Crippen LogP contribution in [-0.4, -0.2) is 30.1 Å². The van der Waals surface area contributed by atoms with Crippen LogP contribution in [0, 0.1) is 10.6 Å². The topological polar surface area (TPSA) is 54.1 Å². The third kappa shape index (κ3) is 4.15. The van der Waals surface area contributed by atoms with Crippen molar-refractivity contribution in [3.63, 3.8) is 0 Å². The molecule has 0 bridgehead atoms. The van der Waals surface area contributed by atoms with E-state index in [0.29, 0.717) is 35.4 Å². The Bertz CT molecular complexity index is 501. The average Bonchev–Trinajstić information content (AvgIpc) is 2.45. The van der Waals surface area contributed by atoms with Crippen LogP contribution in [0.15, 0.2) is 18.3 Å². The molecule has 20 heavy (non-hydrogen) atoms. The molecule has 0 spiro atoms. The number of aromatic amines is 1. The van der Waals surface area contributed by atoms with E-state index in [2.05, 4.69) is 17.2 Å². The molecule has 0 radical (unpaired) electrons. The van der Waals surface area contributed by atoms with E-state index in [1.165, 1.54) is 19.3 Å². The highest BCUT2D eigenvalue weighted by molar-refractivity contribution is 7.71. The number of carbonyl (C=O) groups excluding carboxylic acids is 1. The number of H-pyrrole nitrogens is 1. The smallest absolute Gasteiger partial charge is 0.254 e. The van der Waals surface area contributed by atoms with Crippen molar-refractivity contribution in [1.29, 1.82) is 0 Å². The third-order valence-electron chi connectivity index (χ3n) is 3.82. The minimum absolute atomic E-state index is 0.146. The van der Waals surface area contributed by atoms with Gasteiger partial charge >= 0.3 is 0 Å². The Morgan fingerprint density at radius 1 is 1.50 bits per heavy atom. The summed E-state index contributed by atoms with van der Waals surface area (Å²) < 4.78 is 6.33. The number of pyridine rings is 1. The van der Waals surface area contributed by atoms with Crippen molar-refractivity contribution in [2.75, 3.05) is 13.2 Å². The number of hydrogen-bond acceptors (Lipinski definition) is 3. The highest BCUT2D eigenvalue weighted by atomic mass is 32.1. The Morgan fingerprint density at radius 2 is 2.30 bits per heavy atom. The zero-order valence-electron chi connectivity index (χ0n) is 11.9. The van der Waals surface area contributed by atoms with Gasteiger partial charge in [0.15, 0.2) is 0 Å². The van der Waals surface area contributed by atoms with Gasteiger partial charge in [-0.05, 0) is 30.9 Å². The highest BCUT2D eigenvalue weighted by Crippen LogP contribution is 2.25. The molecule has 0 aromatic carbocycles. The second-order valence-electron chi connectivity index (χ2n) is 5.34. The molecule has 1 aromatic heterocycles. The maximum absolute atomic E-state index is 11.9. The molecular formula is C15H22N2O2S. The lowest BCUT2D eigenvalue weighted by Gasteiger charge is -2.28. The lowest BCUT2D eigenvalue weighted by Crippen LogP contribution is -2.32. The van der Waals surface area contributed by atoms with Crippen molar-refractivity contribution < 1.29 is 9.53 Å². The summed E-state index contributed by atoms with van der Waals surface area (Å²) in [5, 5.41) is 2.84. The Kier molecular flexibility index (Phi) is 5.73. The fourth-order valence-electron chi connectivity index (χ4n) is 2.60. The molecule has 5 heteroatoms. The molecule has 4 nitrogen and oxygen atoms in total. The van der Waals surface area contributed by atoms with E-state index in [1.807, 2.05) is 0 Å². The lowest BCUT2D eigenvalue weighted by atomic mass is 9.88. The fraction of sp³-hybridized carbons (Fsp3) is 0.600. The second kappa shape index (κ2) is 7.55. The first-order valence-electron chi connectivity index (χ1n) is 7.26. The summed E-state index contributed by atoms with van der Waals surface area (Å²) in [5.74, 6) is 0.481. The summed E-state index contributed by atoms with van der Waals surface area (Å²) >= 11 is 5.08. The third-order valence-corrected chi connectivity index (χ3v) is 4.15. The van der Waals surface area contributed by atoms with Gasteiger partial charge in [-0.25, -0.2) is 0 Å². The first-order chi connectivity index (χ1) is 9.68. The molecule has 2 N–H and O–H groups in total. The van der Waals surface area contributed by atoms with Crippen LogP contribution in [0.2, 0.25) is 0 Å². The largest absolute Gasteiger partial charge is 0.376 e. The molecule has 2 atom stereocenters. The van der Waals surface area contributed by atoms with Crippen LogP contribution in [-0.2, 0) is 4.74 Å². The SMILES string of the molecule is CC1CCCCC1OCCNC(=O)c1ccc[nH]c1=S. The molecule has 0 saturated heterocycles. The van der Waals surface area contributed by atoms with E-state index in [0.717, 1.165) is 6.42 Å². The summed E-state index contributed by atoms with van der Waals surface area (Å²) in [5.41, 5.74) is 0.508. The molecule has 1 aliphatic carbocycles. The van der Waals surface area contributed by atoms with Crippen LogP contribution in [0.5, 0.6) is 0 Å². The molecule has 1 amide bonds. The van der Waals surface area contributed by atoms with E-state index < -0.39 is 0 Å². The minimum Gasteiger partial charge on any atom is -0.376 e. The van der Waals surface area contributed by atoms with Gasteiger partial charge in [0.1, 0.15) is 4.64 Å². The quantitative estimate of drug-likeness (QED) is 0.648. The maximum Gasteiger partial charge on any atom is 0.254 e. The number of amides is 1. The molecule has 1 aromatic rings. The fourth-order valence-corrected chi connectivity index (χ4v) is 2.83. The average molecular weight is 294 g/mol. The van der Waals surface area contributed by atoms with Gasteiger partial charge in [-0.2, -0.15) is 0 Å². The van der Waals surface area contributed by atoms with Crippen LogP contribution in [0.4, 0.5) is 0 Å². The molecule has 110 valence electrons. The number of aromatic nitrogens is 1. The van der Waals surface area contributed by atoms with Gasteiger partial charge in [0.25, 0.3) is 5.91 Å².